The van der Waals surface area contributed by atoms with Crippen LogP contribution in [0.3, 0.4) is 0 Å². The number of anilines is 2. The molecular formula is C28H29FN2O5S. The van der Waals surface area contributed by atoms with E-state index in [2.05, 4.69) is 0 Å². The molecule has 7 nitrogen and oxygen atoms in total. The third kappa shape index (κ3) is 5.36. The van der Waals surface area contributed by atoms with Crippen LogP contribution in [0.2, 0.25) is 0 Å². The molecule has 0 radical (unpaired) electrons. The second-order valence-corrected chi connectivity index (χ2v) is 10.6. The van der Waals surface area contributed by atoms with Crippen LogP contribution >= 0.6 is 0 Å². The van der Waals surface area contributed by atoms with E-state index in [0.29, 0.717) is 60.5 Å². The lowest BCUT2D eigenvalue weighted by atomic mass is 9.88. The van der Waals surface area contributed by atoms with Crippen LogP contribution in [0.5, 0.6) is 5.75 Å². The predicted octanol–water partition coefficient (Wildman–Crippen LogP) is 4.96. The van der Waals surface area contributed by atoms with E-state index in [-0.39, 0.29) is 23.1 Å². The van der Waals surface area contributed by atoms with Crippen molar-refractivity contribution in [1.29, 1.82) is 0 Å². The highest BCUT2D eigenvalue weighted by Gasteiger charge is 2.32. The minimum Gasteiger partial charge on any atom is -0.495 e. The summed E-state index contributed by atoms with van der Waals surface area (Å²) in [6, 6.07) is 16.9. The van der Waals surface area contributed by atoms with Gasteiger partial charge in [-0.2, -0.15) is 0 Å². The Bertz CT molecular complexity index is 1380. The number of Topliss-reactive ketones (excluding diaryl/α,β-unsaturated/α-hetero) is 1. The van der Waals surface area contributed by atoms with Gasteiger partial charge in [-0.3, -0.25) is 13.9 Å². The zero-order valence-electron chi connectivity index (χ0n) is 20.8. The van der Waals surface area contributed by atoms with Crippen molar-refractivity contribution >= 4 is 33.5 Å². The number of rotatable bonds is 9. The average Bonchev–Trinajstić information content (AvgIpc) is 2.93. The van der Waals surface area contributed by atoms with Gasteiger partial charge < -0.3 is 9.64 Å². The van der Waals surface area contributed by atoms with E-state index in [9.17, 15) is 22.4 Å². The van der Waals surface area contributed by atoms with E-state index in [0.717, 1.165) is 0 Å². The smallest absolute Gasteiger partial charge is 0.266 e. The molecule has 1 saturated heterocycles. The molecule has 1 aliphatic rings. The highest BCUT2D eigenvalue weighted by Crippen LogP contribution is 2.37. The number of carbonyl (C=O) groups excluding carboxylic acids is 2. The summed E-state index contributed by atoms with van der Waals surface area (Å²) in [4.78, 5) is 26.5. The molecule has 37 heavy (non-hydrogen) atoms. The lowest BCUT2D eigenvalue weighted by Crippen LogP contribution is -2.38. The van der Waals surface area contributed by atoms with Crippen LogP contribution in [0.15, 0.2) is 71.6 Å². The highest BCUT2D eigenvalue weighted by molar-refractivity contribution is 7.93. The molecule has 0 unspecified atom stereocenters. The van der Waals surface area contributed by atoms with E-state index in [1.807, 2.05) is 4.90 Å². The Kier molecular flexibility index (Phi) is 7.92. The van der Waals surface area contributed by atoms with E-state index < -0.39 is 15.8 Å². The number of benzene rings is 3. The van der Waals surface area contributed by atoms with Gasteiger partial charge in [0.05, 0.1) is 18.5 Å². The van der Waals surface area contributed by atoms with Gasteiger partial charge in [-0.1, -0.05) is 18.2 Å². The molecule has 3 aromatic carbocycles. The average molecular weight is 525 g/mol. The van der Waals surface area contributed by atoms with Gasteiger partial charge in [0, 0.05) is 36.7 Å². The molecule has 0 N–H and O–H groups in total. The lowest BCUT2D eigenvalue weighted by molar-refractivity contribution is 0.0900. The SMILES string of the molecule is CCN(c1ccccc1OC)S(=O)(=O)c1ccc(C=O)cc1N1CCC(C(=O)c2ccc(F)cc2)CC1. The molecule has 0 saturated carbocycles. The number of ether oxygens (including phenoxy) is 1. The topological polar surface area (TPSA) is 84.0 Å². The summed E-state index contributed by atoms with van der Waals surface area (Å²) in [5.41, 5.74) is 1.66. The highest BCUT2D eigenvalue weighted by atomic mass is 32.2. The van der Waals surface area contributed by atoms with Gasteiger partial charge in [-0.05, 0) is 68.3 Å². The first-order valence-corrected chi connectivity index (χ1v) is 13.5. The molecule has 1 fully saturated rings. The first-order valence-electron chi connectivity index (χ1n) is 12.1. The van der Waals surface area contributed by atoms with Gasteiger partial charge in [-0.15, -0.1) is 0 Å². The maximum Gasteiger partial charge on any atom is 0.266 e. The summed E-state index contributed by atoms with van der Waals surface area (Å²) in [5, 5.41) is 0. The molecule has 0 bridgehead atoms. The fourth-order valence-electron chi connectivity index (χ4n) is 4.73. The van der Waals surface area contributed by atoms with Crippen LogP contribution in [0, 0.1) is 11.7 Å². The Morgan fingerprint density at radius 2 is 1.76 bits per heavy atom. The Hall–Kier alpha value is -3.72. The van der Waals surface area contributed by atoms with Gasteiger partial charge in [0.15, 0.2) is 5.78 Å². The van der Waals surface area contributed by atoms with Gasteiger partial charge in [0.1, 0.15) is 22.7 Å². The number of carbonyl (C=O) groups is 2. The number of aldehydes is 1. The number of sulfonamides is 1. The maximum absolute atomic E-state index is 14.0. The number of nitrogens with zero attached hydrogens (tertiary/aromatic N) is 2. The summed E-state index contributed by atoms with van der Waals surface area (Å²) in [6.07, 6.45) is 1.69. The third-order valence-corrected chi connectivity index (χ3v) is 8.60. The predicted molar refractivity (Wildman–Crippen MR) is 141 cm³/mol. The second kappa shape index (κ2) is 11.1. The summed E-state index contributed by atoms with van der Waals surface area (Å²) in [5.74, 6) is -0.275. The van der Waals surface area contributed by atoms with Gasteiger partial charge >= 0.3 is 0 Å². The van der Waals surface area contributed by atoms with E-state index in [4.69, 9.17) is 4.74 Å². The van der Waals surface area contributed by atoms with Crippen LogP contribution < -0.4 is 13.9 Å². The number of halogens is 1. The van der Waals surface area contributed by atoms with E-state index in [1.165, 1.54) is 47.8 Å². The molecule has 0 aromatic heterocycles. The molecule has 1 heterocycles. The first-order chi connectivity index (χ1) is 17.8. The lowest BCUT2D eigenvalue weighted by Gasteiger charge is -2.35. The molecular weight excluding hydrogens is 495 g/mol. The summed E-state index contributed by atoms with van der Waals surface area (Å²) < 4.78 is 47.9. The van der Waals surface area contributed by atoms with Crippen molar-refractivity contribution in [1.82, 2.24) is 0 Å². The summed E-state index contributed by atoms with van der Waals surface area (Å²) in [7, 11) is -2.54. The van der Waals surface area contributed by atoms with Crippen molar-refractivity contribution in [2.24, 2.45) is 5.92 Å². The normalized spacial score (nSPS) is 14.3. The fraction of sp³-hybridized carbons (Fsp3) is 0.286. The minimum absolute atomic E-state index is 0.0533. The standard InChI is InChI=1S/C28H29FN2O5S/c1-3-31(24-6-4-5-7-26(24)36-2)37(34,35)27-13-8-20(19-32)18-25(27)30-16-14-22(15-17-30)28(33)21-9-11-23(29)12-10-21/h4-13,18-19,22H,3,14-17H2,1-2H3. The Labute approximate surface area is 216 Å². The maximum atomic E-state index is 14.0. The van der Waals surface area contributed by atoms with Crippen LogP contribution in [0.25, 0.3) is 0 Å². The van der Waals surface area contributed by atoms with Gasteiger partial charge in [0.25, 0.3) is 10.0 Å². The quantitative estimate of drug-likeness (QED) is 0.291. The molecule has 3 aromatic rings. The number of ketones is 1. The Morgan fingerprint density at radius 3 is 2.38 bits per heavy atom. The molecule has 1 aliphatic heterocycles. The number of para-hydroxylation sites is 2. The van der Waals surface area contributed by atoms with Crippen LogP contribution in [0.1, 0.15) is 40.5 Å². The van der Waals surface area contributed by atoms with Crippen molar-refractivity contribution in [3.63, 3.8) is 0 Å². The second-order valence-electron chi connectivity index (χ2n) is 8.82. The molecule has 0 atom stereocenters. The summed E-state index contributed by atoms with van der Waals surface area (Å²) in [6.45, 7) is 2.79. The molecule has 0 aliphatic carbocycles. The summed E-state index contributed by atoms with van der Waals surface area (Å²) >= 11 is 0. The molecule has 0 spiro atoms. The largest absolute Gasteiger partial charge is 0.495 e. The number of hydrogen-bond acceptors (Lipinski definition) is 6. The number of methoxy groups -OCH3 is 1. The molecule has 194 valence electrons. The molecule has 0 amide bonds. The van der Waals surface area contributed by atoms with E-state index >= 15 is 0 Å². The van der Waals surface area contributed by atoms with Crippen molar-refractivity contribution in [3.05, 3.63) is 83.7 Å². The molecule has 9 heteroatoms. The number of hydrogen-bond donors (Lipinski definition) is 0. The van der Waals surface area contributed by atoms with E-state index in [1.54, 1.807) is 37.3 Å². The minimum atomic E-state index is -4.03. The third-order valence-electron chi connectivity index (χ3n) is 6.66. The van der Waals surface area contributed by atoms with Gasteiger partial charge in [0.2, 0.25) is 0 Å². The van der Waals surface area contributed by atoms with Crippen LogP contribution in [-0.4, -0.2) is 47.2 Å². The van der Waals surface area contributed by atoms with Crippen molar-refractivity contribution in [3.8, 4) is 5.75 Å². The molecule has 4 rings (SSSR count). The van der Waals surface area contributed by atoms with Gasteiger partial charge in [-0.25, -0.2) is 12.8 Å². The fourth-order valence-corrected chi connectivity index (χ4v) is 6.41. The van der Waals surface area contributed by atoms with Crippen molar-refractivity contribution in [2.45, 2.75) is 24.7 Å². The van der Waals surface area contributed by atoms with Crippen molar-refractivity contribution < 1.29 is 27.1 Å². The van der Waals surface area contributed by atoms with Crippen LogP contribution in [-0.2, 0) is 10.0 Å². The Morgan fingerprint density at radius 1 is 1.08 bits per heavy atom. The zero-order valence-corrected chi connectivity index (χ0v) is 21.6. The Balaban J connectivity index is 1.64. The monoisotopic (exact) mass is 524 g/mol. The number of piperidine rings is 1. The first kappa shape index (κ1) is 26.3. The zero-order chi connectivity index (χ0) is 26.6. The van der Waals surface area contributed by atoms with Crippen LogP contribution in [0.4, 0.5) is 15.8 Å². The van der Waals surface area contributed by atoms with Crippen molar-refractivity contribution in [2.75, 3.05) is 35.9 Å².